The number of halogens is 1. The van der Waals surface area contributed by atoms with E-state index in [1.165, 1.54) is 35.5 Å². The molecule has 2 heterocycles. The molecule has 1 aliphatic rings. The fraction of sp³-hybridized carbons (Fsp3) is 0.333. The zero-order chi connectivity index (χ0) is 21.1. The average Bonchev–Trinajstić information content (AvgIpc) is 3.29. The summed E-state index contributed by atoms with van der Waals surface area (Å²) in [6, 6.07) is 6.89. The Morgan fingerprint density at radius 2 is 2.07 bits per heavy atom. The number of carbonyl (C=O) groups excluding carboxylic acids is 2. The number of Topliss-reactive ketones (excluding diaryl/α,β-unsaturated/α-hetero) is 1. The third-order valence-electron chi connectivity index (χ3n) is 4.78. The second kappa shape index (κ2) is 8.75. The van der Waals surface area contributed by atoms with Gasteiger partial charge in [0, 0.05) is 17.0 Å². The Labute approximate surface area is 172 Å². The maximum absolute atomic E-state index is 14.1. The Morgan fingerprint density at radius 3 is 2.66 bits per heavy atom. The normalized spacial score (nSPS) is 18.7. The van der Waals surface area contributed by atoms with Gasteiger partial charge in [-0.25, -0.2) is 4.39 Å². The number of likely N-dealkylation sites (tertiary alicyclic amines) is 1. The highest BCUT2D eigenvalue weighted by molar-refractivity contribution is 7.10. The third kappa shape index (κ3) is 4.18. The number of thiophene rings is 1. The largest absolute Gasteiger partial charge is 0.507 e. The van der Waals surface area contributed by atoms with Crippen molar-refractivity contribution in [2.45, 2.75) is 12.5 Å². The number of rotatable bonds is 7. The Balaban J connectivity index is 2.05. The summed E-state index contributed by atoms with van der Waals surface area (Å²) in [4.78, 5) is 29.8. The maximum Gasteiger partial charge on any atom is 0.295 e. The van der Waals surface area contributed by atoms with Crippen LogP contribution >= 0.6 is 11.3 Å². The molecule has 1 saturated heterocycles. The highest BCUT2D eigenvalue weighted by Gasteiger charge is 2.46. The lowest BCUT2D eigenvalue weighted by atomic mass is 9.99. The van der Waals surface area contributed by atoms with Gasteiger partial charge in [0.2, 0.25) is 0 Å². The van der Waals surface area contributed by atoms with Crippen LogP contribution in [0.1, 0.15) is 22.9 Å². The van der Waals surface area contributed by atoms with E-state index in [4.69, 9.17) is 4.74 Å². The van der Waals surface area contributed by atoms with Crippen molar-refractivity contribution in [3.8, 4) is 5.75 Å². The number of aliphatic hydroxyl groups excluding tert-OH is 1. The van der Waals surface area contributed by atoms with Crippen LogP contribution in [-0.4, -0.2) is 60.9 Å². The number of nitrogens with zero attached hydrogens (tertiary/aromatic N) is 2. The van der Waals surface area contributed by atoms with Gasteiger partial charge < -0.3 is 19.6 Å². The molecule has 3 rings (SSSR count). The summed E-state index contributed by atoms with van der Waals surface area (Å²) in [7, 11) is 5.21. The van der Waals surface area contributed by atoms with E-state index in [9.17, 15) is 19.1 Å². The minimum Gasteiger partial charge on any atom is -0.507 e. The van der Waals surface area contributed by atoms with Crippen molar-refractivity contribution in [3.05, 3.63) is 57.5 Å². The van der Waals surface area contributed by atoms with E-state index in [0.717, 1.165) is 17.5 Å². The van der Waals surface area contributed by atoms with Crippen LogP contribution in [0.4, 0.5) is 4.39 Å². The van der Waals surface area contributed by atoms with Gasteiger partial charge >= 0.3 is 0 Å². The highest BCUT2D eigenvalue weighted by Crippen LogP contribution is 2.41. The predicted molar refractivity (Wildman–Crippen MR) is 109 cm³/mol. The summed E-state index contributed by atoms with van der Waals surface area (Å²) in [6.45, 7) is 1.13. The minimum absolute atomic E-state index is 0.0214. The van der Waals surface area contributed by atoms with Crippen LogP contribution in [0.5, 0.6) is 5.75 Å². The number of aliphatic hydroxyl groups is 1. The lowest BCUT2D eigenvalue weighted by molar-refractivity contribution is -0.139. The second-order valence-corrected chi connectivity index (χ2v) is 7.99. The molecule has 1 aliphatic heterocycles. The first-order valence-electron chi connectivity index (χ1n) is 9.15. The average molecular weight is 418 g/mol. The molecule has 0 bridgehead atoms. The summed E-state index contributed by atoms with van der Waals surface area (Å²) < 4.78 is 19.0. The monoisotopic (exact) mass is 418 g/mol. The quantitative estimate of drug-likeness (QED) is 0.425. The van der Waals surface area contributed by atoms with Gasteiger partial charge in [0.25, 0.3) is 11.7 Å². The number of carbonyl (C=O) groups is 2. The first-order chi connectivity index (χ1) is 13.8. The molecule has 1 unspecified atom stereocenters. The zero-order valence-corrected chi connectivity index (χ0v) is 17.3. The van der Waals surface area contributed by atoms with Gasteiger partial charge in [0.05, 0.1) is 18.7 Å². The van der Waals surface area contributed by atoms with Gasteiger partial charge in [-0.2, -0.15) is 0 Å². The van der Waals surface area contributed by atoms with Gasteiger partial charge in [-0.05, 0) is 56.7 Å². The van der Waals surface area contributed by atoms with E-state index < -0.39 is 29.3 Å². The molecule has 1 atom stereocenters. The zero-order valence-electron chi connectivity index (χ0n) is 16.5. The van der Waals surface area contributed by atoms with Crippen molar-refractivity contribution in [3.63, 3.8) is 0 Å². The molecule has 154 valence electrons. The molecule has 0 radical (unpaired) electrons. The molecule has 8 heteroatoms. The summed E-state index contributed by atoms with van der Waals surface area (Å²) >= 11 is 1.40. The van der Waals surface area contributed by atoms with Crippen LogP contribution in [0.2, 0.25) is 0 Å². The summed E-state index contributed by atoms with van der Waals surface area (Å²) in [5.41, 5.74) is 0.100. The summed E-state index contributed by atoms with van der Waals surface area (Å²) in [5.74, 6) is -2.44. The smallest absolute Gasteiger partial charge is 0.295 e. The molecule has 1 N–H and O–H groups in total. The minimum atomic E-state index is -0.762. The fourth-order valence-corrected chi connectivity index (χ4v) is 4.23. The number of ketones is 1. The van der Waals surface area contributed by atoms with Crippen molar-refractivity contribution in [1.82, 2.24) is 9.80 Å². The summed E-state index contributed by atoms with van der Waals surface area (Å²) in [5, 5.41) is 12.7. The number of ether oxygens (including phenoxy) is 1. The van der Waals surface area contributed by atoms with Crippen molar-refractivity contribution in [1.29, 1.82) is 0 Å². The van der Waals surface area contributed by atoms with Gasteiger partial charge in [-0.15, -0.1) is 11.3 Å². The van der Waals surface area contributed by atoms with Crippen LogP contribution < -0.4 is 4.74 Å². The number of benzene rings is 1. The Kier molecular flexibility index (Phi) is 6.34. The molecule has 0 spiro atoms. The van der Waals surface area contributed by atoms with Gasteiger partial charge in [0.15, 0.2) is 11.6 Å². The first-order valence-corrected chi connectivity index (χ1v) is 10.0. The van der Waals surface area contributed by atoms with E-state index in [1.807, 2.05) is 36.5 Å². The van der Waals surface area contributed by atoms with Crippen molar-refractivity contribution < 1.29 is 23.8 Å². The second-order valence-electron chi connectivity index (χ2n) is 7.01. The van der Waals surface area contributed by atoms with Crippen LogP contribution in [0.3, 0.4) is 0 Å². The number of amides is 1. The lowest BCUT2D eigenvalue weighted by Gasteiger charge is -2.24. The SMILES string of the molecule is COc1ccc(/C(O)=C2\C(=O)C(=O)N(CCCN(C)C)C2c2cccs2)cc1F. The van der Waals surface area contributed by atoms with E-state index in [0.29, 0.717) is 13.0 Å². The lowest BCUT2D eigenvalue weighted by Crippen LogP contribution is -2.32. The molecule has 0 saturated carbocycles. The predicted octanol–water partition coefficient (Wildman–Crippen LogP) is 3.27. The molecule has 2 aromatic rings. The van der Waals surface area contributed by atoms with Crippen LogP contribution in [0, 0.1) is 5.82 Å². The molecular weight excluding hydrogens is 395 g/mol. The van der Waals surface area contributed by atoms with Crippen molar-refractivity contribution in [2.24, 2.45) is 0 Å². The molecule has 1 aromatic heterocycles. The fourth-order valence-electron chi connectivity index (χ4n) is 3.38. The first kappa shape index (κ1) is 21.0. The van der Waals surface area contributed by atoms with Crippen LogP contribution in [0.25, 0.3) is 5.76 Å². The van der Waals surface area contributed by atoms with Crippen LogP contribution in [-0.2, 0) is 9.59 Å². The van der Waals surface area contributed by atoms with Crippen molar-refractivity contribution >= 4 is 28.8 Å². The Bertz CT molecular complexity index is 940. The standard InChI is InChI=1S/C21H23FN2O4S/c1-23(2)9-5-10-24-18(16-6-4-11-29-16)17(20(26)21(24)27)19(25)13-7-8-15(28-3)14(22)12-13/h4,6-8,11-12,18,25H,5,9-10H2,1-3H3/b19-17+. The number of methoxy groups -OCH3 is 1. The van der Waals surface area contributed by atoms with E-state index in [1.54, 1.807) is 0 Å². The Morgan fingerprint density at radius 1 is 1.31 bits per heavy atom. The maximum atomic E-state index is 14.1. The van der Waals surface area contributed by atoms with Crippen molar-refractivity contribution in [2.75, 3.05) is 34.3 Å². The molecule has 1 aromatic carbocycles. The third-order valence-corrected chi connectivity index (χ3v) is 5.71. The number of hydrogen-bond acceptors (Lipinski definition) is 6. The topological polar surface area (TPSA) is 70.1 Å². The molecule has 1 amide bonds. The van der Waals surface area contributed by atoms with Crippen LogP contribution in [0.15, 0.2) is 41.3 Å². The van der Waals surface area contributed by atoms with Gasteiger partial charge in [-0.1, -0.05) is 6.07 Å². The number of hydrogen-bond donors (Lipinski definition) is 1. The molecular formula is C21H23FN2O4S. The van der Waals surface area contributed by atoms with E-state index >= 15 is 0 Å². The molecule has 6 nitrogen and oxygen atoms in total. The highest BCUT2D eigenvalue weighted by atomic mass is 32.1. The van der Waals surface area contributed by atoms with E-state index in [2.05, 4.69) is 0 Å². The summed E-state index contributed by atoms with van der Waals surface area (Å²) in [6.07, 6.45) is 0.680. The van der Waals surface area contributed by atoms with E-state index in [-0.39, 0.29) is 16.9 Å². The molecule has 29 heavy (non-hydrogen) atoms. The molecule has 1 fully saturated rings. The Hall–Kier alpha value is -2.71. The van der Waals surface area contributed by atoms with Gasteiger partial charge in [-0.3, -0.25) is 9.59 Å². The molecule has 0 aliphatic carbocycles. The van der Waals surface area contributed by atoms with Gasteiger partial charge in [0.1, 0.15) is 5.76 Å².